The van der Waals surface area contributed by atoms with E-state index in [-0.39, 0.29) is 12.4 Å². The second-order valence-corrected chi connectivity index (χ2v) is 5.26. The van der Waals surface area contributed by atoms with Gasteiger partial charge in [0.1, 0.15) is 5.75 Å². The Balaban J connectivity index is 1.68. The van der Waals surface area contributed by atoms with Crippen LogP contribution in [0.25, 0.3) is 10.8 Å². The van der Waals surface area contributed by atoms with Crippen molar-refractivity contribution in [3.8, 4) is 23.0 Å². The van der Waals surface area contributed by atoms with E-state index in [0.717, 1.165) is 10.8 Å². The highest BCUT2D eigenvalue weighted by molar-refractivity contribution is 5.84. The Bertz CT molecular complexity index is 866. The molecule has 0 heterocycles. The summed E-state index contributed by atoms with van der Waals surface area (Å²) in [5.74, 6) is 1.12. The first kappa shape index (κ1) is 16.6. The molecule has 0 N–H and O–H groups in total. The van der Waals surface area contributed by atoms with Crippen molar-refractivity contribution in [3.63, 3.8) is 0 Å². The molecule has 5 heteroatoms. The van der Waals surface area contributed by atoms with Gasteiger partial charge in [-0.25, -0.2) is 4.79 Å². The number of para-hydroxylation sites is 1. The number of rotatable bonds is 6. The molecule has 128 valence electrons. The van der Waals surface area contributed by atoms with Crippen LogP contribution in [0.5, 0.6) is 23.0 Å². The minimum absolute atomic E-state index is 0.223. The molecule has 3 rings (SSSR count). The van der Waals surface area contributed by atoms with Crippen LogP contribution in [0.2, 0.25) is 0 Å². The molecule has 0 atom stereocenters. The lowest BCUT2D eigenvalue weighted by atomic mass is 10.1. The van der Waals surface area contributed by atoms with Crippen LogP contribution in [0.4, 0.5) is 0 Å². The fourth-order valence-electron chi connectivity index (χ4n) is 2.46. The Morgan fingerprint density at radius 1 is 0.840 bits per heavy atom. The van der Waals surface area contributed by atoms with Crippen LogP contribution in [-0.2, 0) is 4.79 Å². The van der Waals surface area contributed by atoms with Crippen molar-refractivity contribution in [1.29, 1.82) is 0 Å². The van der Waals surface area contributed by atoms with Gasteiger partial charge in [-0.3, -0.25) is 0 Å². The zero-order valence-corrected chi connectivity index (χ0v) is 14.0. The first-order valence-corrected chi connectivity index (χ1v) is 7.74. The Labute approximate surface area is 145 Å². The second kappa shape index (κ2) is 7.57. The molecule has 0 bridgehead atoms. The van der Waals surface area contributed by atoms with E-state index in [2.05, 4.69) is 0 Å². The standard InChI is InChI=1S/C20H18O5/c1-22-17-8-5-9-18(23-2)20(17)25-19(21)13-24-16-11-10-14-6-3-4-7-15(14)12-16/h3-12H,13H2,1-2H3. The summed E-state index contributed by atoms with van der Waals surface area (Å²) >= 11 is 0. The molecule has 5 nitrogen and oxygen atoms in total. The second-order valence-electron chi connectivity index (χ2n) is 5.26. The smallest absolute Gasteiger partial charge is 0.349 e. The van der Waals surface area contributed by atoms with E-state index >= 15 is 0 Å². The zero-order chi connectivity index (χ0) is 17.6. The number of ether oxygens (including phenoxy) is 4. The van der Waals surface area contributed by atoms with Crippen LogP contribution >= 0.6 is 0 Å². The fourth-order valence-corrected chi connectivity index (χ4v) is 2.46. The fraction of sp³-hybridized carbons (Fsp3) is 0.150. The van der Waals surface area contributed by atoms with Gasteiger partial charge in [0, 0.05) is 0 Å². The highest BCUT2D eigenvalue weighted by Gasteiger charge is 2.16. The molecule has 0 fully saturated rings. The molecule has 0 aliphatic heterocycles. The van der Waals surface area contributed by atoms with Crippen LogP contribution in [0.1, 0.15) is 0 Å². The molecule has 3 aromatic carbocycles. The van der Waals surface area contributed by atoms with Crippen molar-refractivity contribution in [3.05, 3.63) is 60.7 Å². The van der Waals surface area contributed by atoms with Crippen LogP contribution < -0.4 is 18.9 Å². The van der Waals surface area contributed by atoms with Gasteiger partial charge in [-0.15, -0.1) is 0 Å². The maximum Gasteiger partial charge on any atom is 0.349 e. The third-order valence-corrected chi connectivity index (χ3v) is 3.68. The Hall–Kier alpha value is -3.21. The summed E-state index contributed by atoms with van der Waals surface area (Å²) in [6.45, 7) is -0.223. The number of hydrogen-bond donors (Lipinski definition) is 0. The average Bonchev–Trinajstić information content (AvgIpc) is 2.66. The molecule has 0 aliphatic carbocycles. The van der Waals surface area contributed by atoms with Crippen LogP contribution in [0.15, 0.2) is 60.7 Å². The third-order valence-electron chi connectivity index (χ3n) is 3.68. The van der Waals surface area contributed by atoms with Crippen LogP contribution in [0, 0.1) is 0 Å². The van der Waals surface area contributed by atoms with Crippen LogP contribution in [-0.4, -0.2) is 26.8 Å². The monoisotopic (exact) mass is 338 g/mol. The molecule has 0 saturated carbocycles. The quantitative estimate of drug-likeness (QED) is 0.505. The minimum atomic E-state index is -0.545. The molecule has 3 aromatic rings. The van der Waals surface area contributed by atoms with E-state index in [4.69, 9.17) is 18.9 Å². The molecular formula is C20H18O5. The van der Waals surface area contributed by atoms with Gasteiger partial charge < -0.3 is 18.9 Å². The van der Waals surface area contributed by atoms with Crippen molar-refractivity contribution in [2.75, 3.05) is 20.8 Å². The zero-order valence-electron chi connectivity index (χ0n) is 14.0. The van der Waals surface area contributed by atoms with Gasteiger partial charge >= 0.3 is 5.97 Å². The molecule has 0 amide bonds. The highest BCUT2D eigenvalue weighted by Crippen LogP contribution is 2.36. The summed E-state index contributed by atoms with van der Waals surface area (Å²) in [5, 5.41) is 2.15. The predicted octanol–water partition coefficient (Wildman–Crippen LogP) is 3.84. The van der Waals surface area contributed by atoms with E-state index in [0.29, 0.717) is 17.2 Å². The molecule has 0 radical (unpaired) electrons. The number of hydrogen-bond acceptors (Lipinski definition) is 5. The van der Waals surface area contributed by atoms with Gasteiger partial charge in [0.25, 0.3) is 0 Å². The highest BCUT2D eigenvalue weighted by atomic mass is 16.6. The SMILES string of the molecule is COc1cccc(OC)c1OC(=O)COc1ccc2ccccc2c1. The molecule has 25 heavy (non-hydrogen) atoms. The van der Waals surface area contributed by atoms with Gasteiger partial charge in [0.15, 0.2) is 18.1 Å². The Kier molecular flexibility index (Phi) is 5.04. The summed E-state index contributed by atoms with van der Waals surface area (Å²) in [6.07, 6.45) is 0. The van der Waals surface area contributed by atoms with Gasteiger partial charge in [0.2, 0.25) is 5.75 Å². The van der Waals surface area contributed by atoms with E-state index in [9.17, 15) is 4.79 Å². The van der Waals surface area contributed by atoms with Crippen molar-refractivity contribution >= 4 is 16.7 Å². The van der Waals surface area contributed by atoms with Crippen molar-refractivity contribution in [2.45, 2.75) is 0 Å². The largest absolute Gasteiger partial charge is 0.493 e. The third kappa shape index (κ3) is 3.83. The van der Waals surface area contributed by atoms with E-state index in [1.165, 1.54) is 14.2 Å². The molecule has 0 saturated heterocycles. The van der Waals surface area contributed by atoms with Crippen LogP contribution in [0.3, 0.4) is 0 Å². The summed E-state index contributed by atoms with van der Waals surface area (Å²) in [5.41, 5.74) is 0. The topological polar surface area (TPSA) is 54.0 Å². The summed E-state index contributed by atoms with van der Waals surface area (Å²) < 4.78 is 21.3. The van der Waals surface area contributed by atoms with E-state index < -0.39 is 5.97 Å². The first-order chi connectivity index (χ1) is 12.2. The Morgan fingerprint density at radius 3 is 2.20 bits per heavy atom. The van der Waals surface area contributed by atoms with Gasteiger partial charge in [-0.05, 0) is 35.0 Å². The number of fused-ring (bicyclic) bond motifs is 1. The van der Waals surface area contributed by atoms with E-state index in [1.807, 2.05) is 42.5 Å². The minimum Gasteiger partial charge on any atom is -0.493 e. The maximum absolute atomic E-state index is 12.1. The summed E-state index contributed by atoms with van der Waals surface area (Å²) in [6, 6.07) is 18.7. The Morgan fingerprint density at radius 2 is 1.52 bits per heavy atom. The van der Waals surface area contributed by atoms with E-state index in [1.54, 1.807) is 18.2 Å². The lowest BCUT2D eigenvalue weighted by Gasteiger charge is -2.13. The first-order valence-electron chi connectivity index (χ1n) is 7.74. The van der Waals surface area contributed by atoms with Crippen molar-refractivity contribution < 1.29 is 23.7 Å². The number of esters is 1. The number of carbonyl (C=O) groups excluding carboxylic acids is 1. The van der Waals surface area contributed by atoms with Gasteiger partial charge in [-0.1, -0.05) is 36.4 Å². The van der Waals surface area contributed by atoms with Gasteiger partial charge in [-0.2, -0.15) is 0 Å². The molecule has 0 spiro atoms. The predicted molar refractivity (Wildman–Crippen MR) is 94.6 cm³/mol. The molecular weight excluding hydrogens is 320 g/mol. The molecule has 0 unspecified atom stereocenters. The van der Waals surface area contributed by atoms with Crippen molar-refractivity contribution in [1.82, 2.24) is 0 Å². The van der Waals surface area contributed by atoms with Gasteiger partial charge in [0.05, 0.1) is 14.2 Å². The summed E-state index contributed by atoms with van der Waals surface area (Å²) in [7, 11) is 3.00. The molecule has 0 aliphatic rings. The average molecular weight is 338 g/mol. The summed E-state index contributed by atoms with van der Waals surface area (Å²) in [4.78, 5) is 12.1. The normalized spacial score (nSPS) is 10.3. The maximum atomic E-state index is 12.1. The number of benzene rings is 3. The molecule has 0 aromatic heterocycles. The lowest BCUT2D eigenvalue weighted by molar-refractivity contribution is -0.136. The van der Waals surface area contributed by atoms with Crippen molar-refractivity contribution in [2.24, 2.45) is 0 Å². The lowest BCUT2D eigenvalue weighted by Crippen LogP contribution is -2.18. The number of methoxy groups -OCH3 is 2. The number of carbonyl (C=O) groups is 1.